The summed E-state index contributed by atoms with van der Waals surface area (Å²) >= 11 is 0. The third kappa shape index (κ3) is 6.86. The summed E-state index contributed by atoms with van der Waals surface area (Å²) in [7, 11) is 0. The number of Topliss-reactive ketones (excluding diaryl/α,β-unsaturated/α-hetero) is 1. The molecule has 2 aromatic rings. The number of fused-ring (bicyclic) bond motifs is 1. The Morgan fingerprint density at radius 3 is 2.50 bits per heavy atom. The quantitative estimate of drug-likeness (QED) is 0.394. The number of nitrogens with one attached hydrogen (secondary N) is 4. The van der Waals surface area contributed by atoms with Crippen molar-refractivity contribution in [2.75, 3.05) is 6.54 Å². The lowest BCUT2D eigenvalue weighted by Gasteiger charge is -2.28. The molecule has 3 rings (SSSR count). The molecule has 3 amide bonds. The number of benzene rings is 1. The van der Waals surface area contributed by atoms with Crippen molar-refractivity contribution in [3.05, 3.63) is 35.5 Å². The number of hydrogen-bond acceptors (Lipinski definition) is 4. The average Bonchev–Trinajstić information content (AvgIpc) is 3.22. The first kappa shape index (κ1) is 27.2. The van der Waals surface area contributed by atoms with Crippen LogP contribution in [-0.4, -0.2) is 52.8 Å². The van der Waals surface area contributed by atoms with Gasteiger partial charge in [0.1, 0.15) is 29.0 Å². The van der Waals surface area contributed by atoms with Crippen LogP contribution in [0.15, 0.2) is 18.2 Å². The largest absolute Gasteiger partial charge is 0.356 e. The highest BCUT2D eigenvalue weighted by Crippen LogP contribution is 2.22. The molecule has 0 spiro atoms. The summed E-state index contributed by atoms with van der Waals surface area (Å²) in [6.07, 6.45) is 1.12. The maximum Gasteiger partial charge on any atom is 0.268 e. The molecular weight excluding hydrogens is 477 g/mol. The minimum Gasteiger partial charge on any atom is -0.356 e. The van der Waals surface area contributed by atoms with E-state index in [1.165, 1.54) is 19.9 Å². The van der Waals surface area contributed by atoms with Gasteiger partial charge in [0.2, 0.25) is 11.8 Å². The Morgan fingerprint density at radius 2 is 1.86 bits per heavy atom. The van der Waals surface area contributed by atoms with Crippen molar-refractivity contribution in [3.63, 3.8) is 0 Å². The van der Waals surface area contributed by atoms with Crippen molar-refractivity contribution < 1.29 is 32.3 Å². The molecule has 11 heteroatoms. The van der Waals surface area contributed by atoms with Gasteiger partial charge in [-0.2, -0.15) is 0 Å². The lowest BCUT2D eigenvalue weighted by molar-refractivity contribution is -0.132. The number of rotatable bonds is 10. The van der Waals surface area contributed by atoms with E-state index in [4.69, 9.17) is 0 Å². The highest BCUT2D eigenvalue weighted by Gasteiger charge is 2.34. The minimum absolute atomic E-state index is 0.0901. The highest BCUT2D eigenvalue weighted by atomic mass is 19.1. The van der Waals surface area contributed by atoms with Crippen molar-refractivity contribution in [3.8, 4) is 0 Å². The summed E-state index contributed by atoms with van der Waals surface area (Å²) in [5.41, 5.74) is -2.10. The monoisotopic (exact) mass is 508 g/mol. The molecule has 1 saturated heterocycles. The molecule has 196 valence electrons. The van der Waals surface area contributed by atoms with Crippen molar-refractivity contribution in [1.29, 1.82) is 0 Å². The Kier molecular flexibility index (Phi) is 8.42. The second-order valence-electron chi connectivity index (χ2n) is 9.73. The van der Waals surface area contributed by atoms with Gasteiger partial charge < -0.3 is 20.9 Å². The summed E-state index contributed by atoms with van der Waals surface area (Å²) in [4.78, 5) is 53.3. The van der Waals surface area contributed by atoms with E-state index in [1.807, 2.05) is 0 Å². The van der Waals surface area contributed by atoms with Crippen LogP contribution >= 0.6 is 0 Å². The number of aromatic nitrogens is 1. The first-order chi connectivity index (χ1) is 16.9. The summed E-state index contributed by atoms with van der Waals surface area (Å²) in [5.74, 6) is -4.27. The molecule has 1 aromatic heterocycles. The van der Waals surface area contributed by atoms with Gasteiger partial charge in [-0.05, 0) is 45.2 Å². The molecular formula is C25H31F3N4O4. The predicted octanol–water partition coefficient (Wildman–Crippen LogP) is 3.06. The molecule has 1 aromatic carbocycles. The molecule has 0 bridgehead atoms. The van der Waals surface area contributed by atoms with Gasteiger partial charge >= 0.3 is 0 Å². The van der Waals surface area contributed by atoms with Crippen LogP contribution in [0, 0.1) is 17.6 Å². The van der Waals surface area contributed by atoms with Crippen LogP contribution in [0.5, 0.6) is 0 Å². The molecule has 0 unspecified atom stereocenters. The first-order valence-corrected chi connectivity index (χ1v) is 12.0. The van der Waals surface area contributed by atoms with Crippen LogP contribution in [-0.2, 0) is 14.4 Å². The number of alkyl halides is 1. The number of aromatic amines is 1. The van der Waals surface area contributed by atoms with Crippen LogP contribution in [0.3, 0.4) is 0 Å². The van der Waals surface area contributed by atoms with Gasteiger partial charge in [-0.1, -0.05) is 6.92 Å². The van der Waals surface area contributed by atoms with E-state index in [0.29, 0.717) is 19.0 Å². The molecule has 36 heavy (non-hydrogen) atoms. The van der Waals surface area contributed by atoms with E-state index in [-0.39, 0.29) is 41.1 Å². The first-order valence-electron chi connectivity index (χ1n) is 12.0. The summed E-state index contributed by atoms with van der Waals surface area (Å²) in [6, 6.07) is 0.571. The summed E-state index contributed by atoms with van der Waals surface area (Å²) in [5, 5.41) is 7.87. The number of amides is 3. The van der Waals surface area contributed by atoms with Crippen LogP contribution in [0.4, 0.5) is 13.2 Å². The van der Waals surface area contributed by atoms with Crippen molar-refractivity contribution in [2.45, 2.75) is 70.6 Å². The highest BCUT2D eigenvalue weighted by molar-refractivity contribution is 6.01. The van der Waals surface area contributed by atoms with Crippen LogP contribution in [0.25, 0.3) is 10.9 Å². The normalized spacial score (nSPS) is 17.8. The Hall–Kier alpha value is -3.37. The van der Waals surface area contributed by atoms with Gasteiger partial charge in [0.25, 0.3) is 5.91 Å². The number of H-pyrrole nitrogens is 1. The Bertz CT molecular complexity index is 1160. The maximum atomic E-state index is 14.6. The van der Waals surface area contributed by atoms with E-state index < -0.39 is 53.5 Å². The van der Waals surface area contributed by atoms with Crippen LogP contribution in [0.1, 0.15) is 63.4 Å². The zero-order valence-corrected chi connectivity index (χ0v) is 20.5. The molecule has 1 aliphatic rings. The Balaban J connectivity index is 1.79. The molecule has 1 aliphatic heterocycles. The van der Waals surface area contributed by atoms with E-state index in [0.717, 1.165) is 12.5 Å². The van der Waals surface area contributed by atoms with Crippen molar-refractivity contribution in [1.82, 2.24) is 20.9 Å². The molecule has 2 heterocycles. The molecule has 3 atom stereocenters. The van der Waals surface area contributed by atoms with Gasteiger partial charge in [-0.15, -0.1) is 0 Å². The molecule has 0 radical (unpaired) electrons. The topological polar surface area (TPSA) is 120 Å². The second-order valence-corrected chi connectivity index (χ2v) is 9.73. The summed E-state index contributed by atoms with van der Waals surface area (Å²) < 4.78 is 42.1. The minimum atomic E-state index is -1.86. The van der Waals surface area contributed by atoms with Gasteiger partial charge in [-0.3, -0.25) is 19.2 Å². The van der Waals surface area contributed by atoms with Gasteiger partial charge in [0.05, 0.1) is 11.6 Å². The fraction of sp³-hybridized carbons (Fsp3) is 0.520. The zero-order chi connectivity index (χ0) is 26.6. The predicted molar refractivity (Wildman–Crippen MR) is 127 cm³/mol. The summed E-state index contributed by atoms with van der Waals surface area (Å²) in [6.45, 7) is 4.66. The molecule has 4 N–H and O–H groups in total. The third-order valence-corrected chi connectivity index (χ3v) is 6.17. The van der Waals surface area contributed by atoms with Gasteiger partial charge in [-0.25, -0.2) is 13.2 Å². The van der Waals surface area contributed by atoms with E-state index >= 15 is 0 Å². The zero-order valence-electron chi connectivity index (χ0n) is 20.5. The maximum absolute atomic E-state index is 14.6. The van der Waals surface area contributed by atoms with Gasteiger partial charge in [0, 0.05) is 36.8 Å². The standard InChI is InChI=1S/C25H31F3N4O4/c1-4-20(33)17(9-13-6-5-7-29-22(13)34)31-24(36)19(12-25(2,3)28)32-23(35)18-10-14-8-15(26)11-16(27)21(14)30-18/h8,10-11,13,17,19,30H,4-7,9,12H2,1-3H3,(H,29,34)(H,31,36)(H,32,35)/t13-,17-,19-/m0/s1. The van der Waals surface area contributed by atoms with E-state index in [9.17, 15) is 32.3 Å². The van der Waals surface area contributed by atoms with E-state index in [1.54, 1.807) is 6.92 Å². The molecule has 1 fully saturated rings. The van der Waals surface area contributed by atoms with Crippen LogP contribution < -0.4 is 16.0 Å². The van der Waals surface area contributed by atoms with Crippen molar-refractivity contribution in [2.24, 2.45) is 5.92 Å². The average molecular weight is 509 g/mol. The molecule has 0 aliphatic carbocycles. The smallest absolute Gasteiger partial charge is 0.268 e. The molecule has 0 saturated carbocycles. The number of halogens is 3. The van der Waals surface area contributed by atoms with Gasteiger partial charge in [0.15, 0.2) is 5.78 Å². The fourth-order valence-corrected chi connectivity index (χ4v) is 4.35. The lowest BCUT2D eigenvalue weighted by Crippen LogP contribution is -2.54. The van der Waals surface area contributed by atoms with Crippen LogP contribution in [0.2, 0.25) is 0 Å². The SMILES string of the molecule is CCC(=O)[C@H](C[C@@H]1CCCNC1=O)NC(=O)[C@H](CC(C)(C)F)NC(=O)c1cc2cc(F)cc(F)c2[nH]1. The lowest BCUT2D eigenvalue weighted by atomic mass is 9.89. The second kappa shape index (κ2) is 11.1. The number of carbonyl (C=O) groups excluding carboxylic acids is 4. The van der Waals surface area contributed by atoms with E-state index in [2.05, 4.69) is 20.9 Å². The Labute approximate surface area is 206 Å². The number of ketones is 1. The number of carbonyl (C=O) groups is 4. The number of piperidine rings is 1. The fourth-order valence-electron chi connectivity index (χ4n) is 4.35. The third-order valence-electron chi connectivity index (χ3n) is 6.17. The number of hydrogen-bond donors (Lipinski definition) is 4. The molecule has 8 nitrogen and oxygen atoms in total. The van der Waals surface area contributed by atoms with Crippen molar-refractivity contribution >= 4 is 34.4 Å². The Morgan fingerprint density at radius 1 is 1.14 bits per heavy atom.